The molecule has 6 heteroatoms. The van der Waals surface area contributed by atoms with Gasteiger partial charge in [-0.25, -0.2) is 0 Å². The Morgan fingerprint density at radius 3 is 2.19 bits per heavy atom. The summed E-state index contributed by atoms with van der Waals surface area (Å²) in [6.07, 6.45) is 1.96. The summed E-state index contributed by atoms with van der Waals surface area (Å²) < 4.78 is 0. The highest BCUT2D eigenvalue weighted by atomic mass is 16.2. The maximum absolute atomic E-state index is 12.6. The van der Waals surface area contributed by atoms with Gasteiger partial charge in [-0.15, -0.1) is 0 Å². The standard InChI is InChI=1S/C20H21N3O3/c1-3-19(25)22-16-10-7-11-17(13-16)23-20(26)18(21-14(2)24)12-15-8-5-4-6-9-15/h4-13H,3H2,1-2H3,(H,21,24)(H,22,25)(H,23,26)/b18-12-. The third-order valence-electron chi connectivity index (χ3n) is 3.39. The lowest BCUT2D eigenvalue weighted by Gasteiger charge is -2.11. The average molecular weight is 351 g/mol. The van der Waals surface area contributed by atoms with Crippen molar-refractivity contribution in [3.63, 3.8) is 0 Å². The highest BCUT2D eigenvalue weighted by molar-refractivity contribution is 6.08. The first kappa shape index (κ1) is 18.9. The maximum atomic E-state index is 12.6. The van der Waals surface area contributed by atoms with Gasteiger partial charge in [0.1, 0.15) is 5.70 Å². The highest BCUT2D eigenvalue weighted by Crippen LogP contribution is 2.16. The summed E-state index contributed by atoms with van der Waals surface area (Å²) in [5, 5.41) is 8.00. The number of anilines is 2. The summed E-state index contributed by atoms with van der Waals surface area (Å²) in [4.78, 5) is 35.5. The molecule has 0 saturated carbocycles. The van der Waals surface area contributed by atoms with E-state index < -0.39 is 5.91 Å². The summed E-state index contributed by atoms with van der Waals surface area (Å²) in [6.45, 7) is 3.10. The van der Waals surface area contributed by atoms with Crippen LogP contribution < -0.4 is 16.0 Å². The Bertz CT molecular complexity index is 829. The Hall–Kier alpha value is -3.41. The molecule has 0 saturated heterocycles. The number of amides is 3. The van der Waals surface area contributed by atoms with Gasteiger partial charge in [0.15, 0.2) is 0 Å². The van der Waals surface area contributed by atoms with Crippen LogP contribution in [0.25, 0.3) is 6.08 Å². The van der Waals surface area contributed by atoms with E-state index in [-0.39, 0.29) is 17.5 Å². The molecule has 0 bridgehead atoms. The van der Waals surface area contributed by atoms with E-state index >= 15 is 0 Å². The first-order chi connectivity index (χ1) is 12.5. The van der Waals surface area contributed by atoms with E-state index in [4.69, 9.17) is 0 Å². The van der Waals surface area contributed by atoms with Crippen LogP contribution in [-0.4, -0.2) is 17.7 Å². The zero-order chi connectivity index (χ0) is 18.9. The minimum Gasteiger partial charge on any atom is -0.326 e. The molecule has 0 atom stereocenters. The number of nitrogens with one attached hydrogen (secondary N) is 3. The van der Waals surface area contributed by atoms with Crippen molar-refractivity contribution < 1.29 is 14.4 Å². The Morgan fingerprint density at radius 1 is 0.923 bits per heavy atom. The van der Waals surface area contributed by atoms with E-state index in [0.29, 0.717) is 17.8 Å². The smallest absolute Gasteiger partial charge is 0.272 e. The molecule has 6 nitrogen and oxygen atoms in total. The second-order valence-electron chi connectivity index (χ2n) is 5.59. The molecular weight excluding hydrogens is 330 g/mol. The molecule has 0 aliphatic rings. The van der Waals surface area contributed by atoms with E-state index in [1.54, 1.807) is 37.3 Å². The minimum absolute atomic E-state index is 0.114. The number of carbonyl (C=O) groups is 3. The summed E-state index contributed by atoms with van der Waals surface area (Å²) in [6, 6.07) is 16.0. The molecule has 0 heterocycles. The molecule has 0 spiro atoms. The third kappa shape index (κ3) is 5.90. The highest BCUT2D eigenvalue weighted by Gasteiger charge is 2.12. The van der Waals surface area contributed by atoms with Gasteiger partial charge in [-0.1, -0.05) is 43.3 Å². The molecule has 3 amide bonds. The summed E-state index contributed by atoms with van der Waals surface area (Å²) in [7, 11) is 0. The molecule has 0 aromatic heterocycles. The largest absolute Gasteiger partial charge is 0.326 e. The van der Waals surface area contributed by atoms with Gasteiger partial charge in [0.05, 0.1) is 0 Å². The molecule has 0 fully saturated rings. The van der Waals surface area contributed by atoms with Crippen LogP contribution in [0.2, 0.25) is 0 Å². The lowest BCUT2D eigenvalue weighted by Crippen LogP contribution is -2.29. The number of benzene rings is 2. The average Bonchev–Trinajstić information content (AvgIpc) is 2.62. The second kappa shape index (κ2) is 9.17. The lowest BCUT2D eigenvalue weighted by molar-refractivity contribution is -0.120. The molecule has 26 heavy (non-hydrogen) atoms. The van der Waals surface area contributed by atoms with Crippen molar-refractivity contribution in [1.29, 1.82) is 0 Å². The van der Waals surface area contributed by atoms with Gasteiger partial charge in [-0.05, 0) is 29.8 Å². The Kier molecular flexibility index (Phi) is 6.68. The Balaban J connectivity index is 2.19. The van der Waals surface area contributed by atoms with Crippen LogP contribution in [-0.2, 0) is 14.4 Å². The van der Waals surface area contributed by atoms with Gasteiger partial charge in [-0.3, -0.25) is 14.4 Å². The zero-order valence-electron chi connectivity index (χ0n) is 14.7. The zero-order valence-corrected chi connectivity index (χ0v) is 14.7. The first-order valence-corrected chi connectivity index (χ1v) is 8.23. The van der Waals surface area contributed by atoms with Crippen LogP contribution in [0.15, 0.2) is 60.3 Å². The van der Waals surface area contributed by atoms with Crippen LogP contribution in [0.5, 0.6) is 0 Å². The monoisotopic (exact) mass is 351 g/mol. The third-order valence-corrected chi connectivity index (χ3v) is 3.39. The van der Waals surface area contributed by atoms with Crippen molar-refractivity contribution in [1.82, 2.24) is 5.32 Å². The van der Waals surface area contributed by atoms with Crippen molar-refractivity contribution in [2.24, 2.45) is 0 Å². The fraction of sp³-hybridized carbons (Fsp3) is 0.150. The van der Waals surface area contributed by atoms with Crippen LogP contribution in [0.1, 0.15) is 25.8 Å². The molecule has 2 aromatic carbocycles. The van der Waals surface area contributed by atoms with Gasteiger partial charge in [0, 0.05) is 24.7 Å². The van der Waals surface area contributed by atoms with Crippen molar-refractivity contribution in [3.8, 4) is 0 Å². The molecule has 2 aromatic rings. The van der Waals surface area contributed by atoms with Crippen molar-refractivity contribution in [2.45, 2.75) is 20.3 Å². The molecule has 0 aliphatic carbocycles. The molecule has 0 radical (unpaired) electrons. The molecule has 3 N–H and O–H groups in total. The SMILES string of the molecule is CCC(=O)Nc1cccc(NC(=O)/C(=C/c2ccccc2)NC(C)=O)c1. The number of hydrogen-bond acceptors (Lipinski definition) is 3. The first-order valence-electron chi connectivity index (χ1n) is 8.23. The fourth-order valence-electron chi connectivity index (χ4n) is 2.19. The Morgan fingerprint density at radius 2 is 1.58 bits per heavy atom. The predicted molar refractivity (Wildman–Crippen MR) is 102 cm³/mol. The Labute approximate surface area is 152 Å². The van der Waals surface area contributed by atoms with Crippen LogP contribution in [0.3, 0.4) is 0 Å². The summed E-state index contributed by atoms with van der Waals surface area (Å²) >= 11 is 0. The van der Waals surface area contributed by atoms with Crippen molar-refractivity contribution in [2.75, 3.05) is 10.6 Å². The molecular formula is C20H21N3O3. The predicted octanol–water partition coefficient (Wildman–Crippen LogP) is 3.15. The topological polar surface area (TPSA) is 87.3 Å². The van der Waals surface area contributed by atoms with E-state index in [9.17, 15) is 14.4 Å². The maximum Gasteiger partial charge on any atom is 0.272 e. The molecule has 134 valence electrons. The van der Waals surface area contributed by atoms with E-state index in [1.165, 1.54) is 6.92 Å². The van der Waals surface area contributed by atoms with Gasteiger partial charge in [0.25, 0.3) is 5.91 Å². The van der Waals surface area contributed by atoms with Gasteiger partial charge in [-0.2, -0.15) is 0 Å². The van der Waals surface area contributed by atoms with Gasteiger partial charge >= 0.3 is 0 Å². The molecule has 0 aliphatic heterocycles. The molecule has 0 unspecified atom stereocenters. The second-order valence-corrected chi connectivity index (χ2v) is 5.59. The van der Waals surface area contributed by atoms with Crippen LogP contribution in [0, 0.1) is 0 Å². The van der Waals surface area contributed by atoms with Crippen molar-refractivity contribution in [3.05, 3.63) is 65.9 Å². The normalized spacial score (nSPS) is 10.8. The number of carbonyl (C=O) groups excluding carboxylic acids is 3. The van der Waals surface area contributed by atoms with E-state index in [0.717, 1.165) is 5.56 Å². The van der Waals surface area contributed by atoms with Crippen molar-refractivity contribution >= 4 is 35.2 Å². The number of hydrogen-bond donors (Lipinski definition) is 3. The van der Waals surface area contributed by atoms with Gasteiger partial charge in [0.2, 0.25) is 11.8 Å². The lowest BCUT2D eigenvalue weighted by atomic mass is 10.2. The quantitative estimate of drug-likeness (QED) is 0.699. The summed E-state index contributed by atoms with van der Waals surface area (Å²) in [5.74, 6) is -0.911. The van der Waals surface area contributed by atoms with Gasteiger partial charge < -0.3 is 16.0 Å². The van der Waals surface area contributed by atoms with Crippen LogP contribution >= 0.6 is 0 Å². The van der Waals surface area contributed by atoms with Crippen LogP contribution in [0.4, 0.5) is 11.4 Å². The molecule has 2 rings (SSSR count). The van der Waals surface area contributed by atoms with E-state index in [1.807, 2.05) is 30.3 Å². The summed E-state index contributed by atoms with van der Waals surface area (Å²) in [5.41, 5.74) is 2.01. The minimum atomic E-state index is -0.456. The van der Waals surface area contributed by atoms with E-state index in [2.05, 4.69) is 16.0 Å². The number of rotatable bonds is 6. The fourth-order valence-corrected chi connectivity index (χ4v) is 2.19.